The van der Waals surface area contributed by atoms with Crippen LogP contribution in [0.15, 0.2) is 0 Å². The second-order valence-electron chi connectivity index (χ2n) is 30.0. The fraction of sp³-hybridized carbons (Fsp3) is 0.950. The number of hydrogen-bond donors (Lipinski definition) is 3. The van der Waals surface area contributed by atoms with Gasteiger partial charge in [-0.1, -0.05) is 363 Å². The summed E-state index contributed by atoms with van der Waals surface area (Å²) in [5, 5.41) is 10.6. The van der Waals surface area contributed by atoms with Gasteiger partial charge in [0.2, 0.25) is 0 Å². The van der Waals surface area contributed by atoms with Gasteiger partial charge in [-0.05, 0) is 43.4 Å². The molecule has 0 saturated carbocycles. The Hall–Kier alpha value is -1.94. The summed E-state index contributed by atoms with van der Waals surface area (Å²) in [6.45, 7) is 11.9. The van der Waals surface area contributed by atoms with Crippen LogP contribution in [0.3, 0.4) is 0 Å². The number of unbranched alkanes of at least 4 members (excludes halogenated alkanes) is 45. The lowest BCUT2D eigenvalue weighted by Gasteiger charge is -2.21. The number of esters is 4. The van der Waals surface area contributed by atoms with E-state index in [4.69, 9.17) is 37.0 Å². The quantitative estimate of drug-likeness (QED) is 0.0222. The second-order valence-corrected chi connectivity index (χ2v) is 32.9. The smallest absolute Gasteiger partial charge is 0.462 e. The first-order valence-corrected chi connectivity index (χ1v) is 44.4. The normalized spacial score (nSPS) is 14.3. The molecule has 19 heteroatoms. The molecule has 0 spiro atoms. The minimum absolute atomic E-state index is 0.105. The van der Waals surface area contributed by atoms with Crippen LogP contribution in [-0.4, -0.2) is 96.7 Å². The molecule has 0 aliphatic carbocycles. The van der Waals surface area contributed by atoms with E-state index >= 15 is 0 Å². The fourth-order valence-electron chi connectivity index (χ4n) is 12.3. The van der Waals surface area contributed by atoms with Crippen LogP contribution in [0.1, 0.15) is 414 Å². The number of phosphoric ester groups is 2. The van der Waals surface area contributed by atoms with E-state index in [-0.39, 0.29) is 25.7 Å². The molecule has 0 aliphatic rings. The maximum atomic E-state index is 13.1. The van der Waals surface area contributed by atoms with Gasteiger partial charge in [0.15, 0.2) is 12.2 Å². The molecule has 0 rings (SSSR count). The van der Waals surface area contributed by atoms with Gasteiger partial charge in [0.25, 0.3) is 0 Å². The van der Waals surface area contributed by atoms with Crippen molar-refractivity contribution in [3.8, 4) is 0 Å². The van der Waals surface area contributed by atoms with Gasteiger partial charge in [0.1, 0.15) is 19.3 Å². The molecule has 17 nitrogen and oxygen atoms in total. The van der Waals surface area contributed by atoms with E-state index in [1.807, 2.05) is 0 Å². The summed E-state index contributed by atoms with van der Waals surface area (Å²) in [5.74, 6) is 0.284. The van der Waals surface area contributed by atoms with Gasteiger partial charge in [0.05, 0.1) is 26.4 Å². The van der Waals surface area contributed by atoms with Crippen LogP contribution in [0, 0.1) is 17.8 Å². The third-order valence-electron chi connectivity index (χ3n) is 19.0. The Kier molecular flexibility index (Phi) is 69.0. The number of rotatable bonds is 78. The fourth-order valence-corrected chi connectivity index (χ4v) is 13.9. The number of carbonyl (C=O) groups excluding carboxylic acids is 4. The standard InChI is InChI=1S/C80H156O17P2/c1-8-10-11-12-37-47-54-61-77(82)90-67-75(97-80(85)64-57-50-43-36-35-40-46-53-60-73(7)9-2)69-94-98(86,87)92-65-74(81)66-93-99(88,89)95-70-76(68-91-78(83)62-55-48-41-33-29-25-21-18-17-20-24-28-32-39-45-52-59-72(5)6)96-79(84)63-56-49-42-34-30-26-22-16-14-13-15-19-23-27-31-38-44-51-58-71(3)4/h71-76,81H,8-70H2,1-7H3,(H,86,87)(H,88,89)/t73?,74-,75+,76+/m0/s1. The van der Waals surface area contributed by atoms with Crippen molar-refractivity contribution in [2.75, 3.05) is 39.6 Å². The van der Waals surface area contributed by atoms with E-state index in [2.05, 4.69) is 48.5 Å². The molecule has 588 valence electrons. The molecular formula is C80H156O17P2. The van der Waals surface area contributed by atoms with Gasteiger partial charge in [-0.15, -0.1) is 0 Å². The predicted octanol–water partition coefficient (Wildman–Crippen LogP) is 23.7. The first-order valence-electron chi connectivity index (χ1n) is 41.4. The molecule has 0 radical (unpaired) electrons. The van der Waals surface area contributed by atoms with Crippen molar-refractivity contribution < 1.29 is 80.2 Å². The van der Waals surface area contributed by atoms with Gasteiger partial charge < -0.3 is 33.8 Å². The summed E-state index contributed by atoms with van der Waals surface area (Å²) < 4.78 is 68.5. The first kappa shape index (κ1) is 97.1. The highest BCUT2D eigenvalue weighted by Crippen LogP contribution is 2.45. The summed E-state index contributed by atoms with van der Waals surface area (Å²) in [4.78, 5) is 72.8. The monoisotopic (exact) mass is 1450 g/mol. The summed E-state index contributed by atoms with van der Waals surface area (Å²) in [6, 6.07) is 0. The van der Waals surface area contributed by atoms with Gasteiger partial charge >= 0.3 is 39.5 Å². The van der Waals surface area contributed by atoms with Gasteiger partial charge in [-0.2, -0.15) is 0 Å². The number of ether oxygens (including phenoxy) is 4. The average Bonchev–Trinajstić information content (AvgIpc) is 1.07. The Morgan fingerprint density at radius 1 is 0.293 bits per heavy atom. The molecule has 0 aromatic rings. The molecule has 0 aliphatic heterocycles. The van der Waals surface area contributed by atoms with Crippen LogP contribution in [0.4, 0.5) is 0 Å². The number of phosphoric acid groups is 2. The highest BCUT2D eigenvalue weighted by molar-refractivity contribution is 7.47. The van der Waals surface area contributed by atoms with Crippen LogP contribution < -0.4 is 0 Å². The molecule has 3 unspecified atom stereocenters. The lowest BCUT2D eigenvalue weighted by Crippen LogP contribution is -2.30. The van der Waals surface area contributed by atoms with E-state index < -0.39 is 97.5 Å². The maximum Gasteiger partial charge on any atom is 0.472 e. The van der Waals surface area contributed by atoms with Crippen molar-refractivity contribution in [1.82, 2.24) is 0 Å². The minimum Gasteiger partial charge on any atom is -0.462 e. The topological polar surface area (TPSA) is 237 Å². The van der Waals surface area contributed by atoms with Gasteiger partial charge in [-0.25, -0.2) is 9.13 Å². The van der Waals surface area contributed by atoms with Crippen LogP contribution in [0.2, 0.25) is 0 Å². The molecule has 0 heterocycles. The highest BCUT2D eigenvalue weighted by atomic mass is 31.2. The lowest BCUT2D eigenvalue weighted by molar-refractivity contribution is -0.161. The van der Waals surface area contributed by atoms with Gasteiger partial charge in [0, 0.05) is 25.7 Å². The number of carbonyl (C=O) groups is 4. The first-order chi connectivity index (χ1) is 47.8. The largest absolute Gasteiger partial charge is 0.472 e. The third kappa shape index (κ3) is 72.8. The van der Waals surface area contributed by atoms with Crippen LogP contribution in [-0.2, 0) is 65.4 Å². The summed E-state index contributed by atoms with van der Waals surface area (Å²) >= 11 is 0. The zero-order valence-electron chi connectivity index (χ0n) is 65.0. The maximum absolute atomic E-state index is 13.1. The Bertz CT molecular complexity index is 1920. The number of aliphatic hydroxyl groups is 1. The van der Waals surface area contributed by atoms with Crippen molar-refractivity contribution in [2.45, 2.75) is 433 Å². The molecule has 0 saturated heterocycles. The molecule has 0 aromatic carbocycles. The van der Waals surface area contributed by atoms with E-state index in [9.17, 15) is 43.2 Å². The van der Waals surface area contributed by atoms with E-state index in [1.54, 1.807) is 0 Å². The molecule has 0 bridgehead atoms. The van der Waals surface area contributed by atoms with E-state index in [1.165, 1.54) is 212 Å². The third-order valence-corrected chi connectivity index (χ3v) is 20.9. The van der Waals surface area contributed by atoms with Crippen molar-refractivity contribution in [2.24, 2.45) is 17.8 Å². The summed E-state index contributed by atoms with van der Waals surface area (Å²) in [6.07, 6.45) is 58.5. The summed E-state index contributed by atoms with van der Waals surface area (Å²) in [5.41, 5.74) is 0. The Morgan fingerprint density at radius 2 is 0.515 bits per heavy atom. The molecule has 0 amide bonds. The van der Waals surface area contributed by atoms with Crippen molar-refractivity contribution in [3.05, 3.63) is 0 Å². The van der Waals surface area contributed by atoms with E-state index in [0.29, 0.717) is 25.7 Å². The van der Waals surface area contributed by atoms with Crippen molar-refractivity contribution in [3.63, 3.8) is 0 Å². The molecule has 99 heavy (non-hydrogen) atoms. The number of hydrogen-bond acceptors (Lipinski definition) is 15. The second kappa shape index (κ2) is 70.4. The van der Waals surface area contributed by atoms with Crippen LogP contribution in [0.25, 0.3) is 0 Å². The zero-order valence-corrected chi connectivity index (χ0v) is 66.8. The molecular weight excluding hydrogens is 1290 g/mol. The SMILES string of the molecule is CCCCCCCCCC(=O)OC[C@H](COP(=O)(O)OC[C@H](O)COP(=O)(O)OC[C@@H](COC(=O)CCCCCCCCCCCCCCCCCCC(C)C)OC(=O)CCCCCCCCCCCCCCCCCCCCC(C)C)OC(=O)CCCCCCCCCCC(C)CC. The molecule has 3 N–H and O–H groups in total. The lowest BCUT2D eigenvalue weighted by atomic mass is 9.99. The zero-order chi connectivity index (χ0) is 73.0. The Labute approximate surface area is 607 Å². The highest BCUT2D eigenvalue weighted by Gasteiger charge is 2.30. The molecule has 0 aromatic heterocycles. The molecule has 0 fully saturated rings. The Morgan fingerprint density at radius 3 is 0.768 bits per heavy atom. The summed E-state index contributed by atoms with van der Waals surface area (Å²) in [7, 11) is -9.91. The Balaban J connectivity index is 5.17. The van der Waals surface area contributed by atoms with Crippen molar-refractivity contribution >= 4 is 39.5 Å². The minimum atomic E-state index is -4.96. The predicted molar refractivity (Wildman–Crippen MR) is 405 cm³/mol. The van der Waals surface area contributed by atoms with Crippen molar-refractivity contribution in [1.29, 1.82) is 0 Å². The van der Waals surface area contributed by atoms with Crippen LogP contribution >= 0.6 is 15.6 Å². The average molecular weight is 1450 g/mol. The van der Waals surface area contributed by atoms with E-state index in [0.717, 1.165) is 120 Å². The van der Waals surface area contributed by atoms with Gasteiger partial charge in [-0.3, -0.25) is 37.3 Å². The number of aliphatic hydroxyl groups excluding tert-OH is 1. The molecule has 6 atom stereocenters. The van der Waals surface area contributed by atoms with Crippen LogP contribution in [0.5, 0.6) is 0 Å².